The molecule has 2 aliphatic rings. The monoisotopic (exact) mass is 280 g/mol. The van der Waals surface area contributed by atoms with Gasteiger partial charge in [0.1, 0.15) is 0 Å². The van der Waals surface area contributed by atoms with Crippen molar-refractivity contribution in [2.24, 2.45) is 11.3 Å². The number of rotatable bonds is 4. The maximum Gasteiger partial charge on any atom is 0.244 e. The van der Waals surface area contributed by atoms with Gasteiger partial charge in [0.25, 0.3) is 0 Å². The van der Waals surface area contributed by atoms with Crippen LogP contribution in [0.25, 0.3) is 0 Å². The summed E-state index contributed by atoms with van der Waals surface area (Å²) in [5.41, 5.74) is -0.107. The Balaban J connectivity index is 2.28. The van der Waals surface area contributed by atoms with Gasteiger partial charge in [0, 0.05) is 6.04 Å². The average Bonchev–Trinajstić information content (AvgIpc) is 2.78. The third kappa shape index (κ3) is 2.61. The van der Waals surface area contributed by atoms with Crippen LogP contribution >= 0.6 is 0 Å². The van der Waals surface area contributed by atoms with E-state index in [9.17, 15) is 4.79 Å². The summed E-state index contributed by atoms with van der Waals surface area (Å²) in [7, 11) is 0. The van der Waals surface area contributed by atoms with Crippen molar-refractivity contribution in [3.8, 4) is 0 Å². The van der Waals surface area contributed by atoms with E-state index >= 15 is 0 Å². The molecule has 0 aromatic rings. The van der Waals surface area contributed by atoms with Crippen LogP contribution in [0.2, 0.25) is 0 Å². The minimum atomic E-state index is -0.363. The van der Waals surface area contributed by atoms with Crippen molar-refractivity contribution in [2.45, 2.75) is 91.4 Å². The van der Waals surface area contributed by atoms with Crippen LogP contribution in [0.3, 0.4) is 0 Å². The predicted molar refractivity (Wildman–Crippen MR) is 83.3 cm³/mol. The summed E-state index contributed by atoms with van der Waals surface area (Å²) in [6, 6.07) is 0.402. The van der Waals surface area contributed by atoms with Gasteiger partial charge in [0.2, 0.25) is 5.91 Å². The van der Waals surface area contributed by atoms with Crippen molar-refractivity contribution in [3.63, 3.8) is 0 Å². The van der Waals surface area contributed by atoms with Gasteiger partial charge in [-0.3, -0.25) is 10.1 Å². The minimum Gasteiger partial charge on any atom is -0.322 e. The molecule has 2 rings (SSSR count). The van der Waals surface area contributed by atoms with Gasteiger partial charge >= 0.3 is 0 Å². The molecule has 116 valence electrons. The molecule has 3 nitrogen and oxygen atoms in total. The van der Waals surface area contributed by atoms with E-state index in [0.29, 0.717) is 17.9 Å². The van der Waals surface area contributed by atoms with Crippen LogP contribution in [0.1, 0.15) is 73.6 Å². The lowest BCUT2D eigenvalue weighted by atomic mass is 9.85. The van der Waals surface area contributed by atoms with E-state index in [1.165, 1.54) is 12.8 Å². The molecule has 3 heteroatoms. The summed E-state index contributed by atoms with van der Waals surface area (Å²) in [4.78, 5) is 15.2. The zero-order valence-electron chi connectivity index (χ0n) is 14.1. The second kappa shape index (κ2) is 5.32. The second-order valence-electron chi connectivity index (χ2n) is 8.08. The third-order valence-corrected chi connectivity index (χ3v) is 5.47. The highest BCUT2D eigenvalue weighted by Gasteiger charge is 2.52. The number of hydrogen-bond donors (Lipinski definition) is 1. The smallest absolute Gasteiger partial charge is 0.244 e. The van der Waals surface area contributed by atoms with Crippen molar-refractivity contribution < 1.29 is 4.79 Å². The van der Waals surface area contributed by atoms with E-state index in [4.69, 9.17) is 0 Å². The molecular formula is C17H32N2O. The Hall–Kier alpha value is -0.570. The van der Waals surface area contributed by atoms with Gasteiger partial charge in [-0.15, -0.1) is 0 Å². The molecule has 0 aromatic carbocycles. The van der Waals surface area contributed by atoms with Crippen molar-refractivity contribution in [2.75, 3.05) is 0 Å². The topological polar surface area (TPSA) is 32.3 Å². The number of carbonyl (C=O) groups excluding carboxylic acids is 1. The molecule has 1 amide bonds. The highest BCUT2D eigenvalue weighted by molar-refractivity contribution is 5.88. The van der Waals surface area contributed by atoms with E-state index in [2.05, 4.69) is 51.8 Å². The second-order valence-corrected chi connectivity index (χ2v) is 8.08. The Morgan fingerprint density at radius 3 is 2.45 bits per heavy atom. The standard InChI is InChI=1S/C17H32N2O/c1-7-17(6)15(20)19(14(18-17)11-12(2)3)13-9-8-10-16(13,4)5/h12-14,18H,7-11H2,1-6H3. The SMILES string of the molecule is CCC1(C)NC(CC(C)C)N(C2CCCC2(C)C)C1=O. The van der Waals surface area contributed by atoms with Gasteiger partial charge in [-0.25, -0.2) is 0 Å². The van der Waals surface area contributed by atoms with Gasteiger partial charge in [-0.05, 0) is 43.9 Å². The van der Waals surface area contributed by atoms with Gasteiger partial charge in [0.15, 0.2) is 0 Å². The number of nitrogens with one attached hydrogen (secondary N) is 1. The summed E-state index contributed by atoms with van der Waals surface area (Å²) < 4.78 is 0. The summed E-state index contributed by atoms with van der Waals surface area (Å²) >= 11 is 0. The van der Waals surface area contributed by atoms with Gasteiger partial charge in [-0.1, -0.05) is 41.0 Å². The molecule has 1 N–H and O–H groups in total. The van der Waals surface area contributed by atoms with Crippen LogP contribution in [0.15, 0.2) is 0 Å². The van der Waals surface area contributed by atoms with Crippen molar-refractivity contribution in [1.82, 2.24) is 10.2 Å². The fourth-order valence-electron chi connectivity index (χ4n) is 3.98. The quantitative estimate of drug-likeness (QED) is 0.854. The number of hydrogen-bond acceptors (Lipinski definition) is 2. The van der Waals surface area contributed by atoms with Crippen LogP contribution in [-0.2, 0) is 4.79 Å². The molecule has 0 spiro atoms. The number of nitrogens with zero attached hydrogens (tertiary/aromatic N) is 1. The lowest BCUT2D eigenvalue weighted by Gasteiger charge is -2.39. The largest absolute Gasteiger partial charge is 0.322 e. The zero-order chi connectivity index (χ0) is 15.1. The first-order valence-electron chi connectivity index (χ1n) is 8.32. The van der Waals surface area contributed by atoms with Gasteiger partial charge in [-0.2, -0.15) is 0 Å². The third-order valence-electron chi connectivity index (χ3n) is 5.47. The fraction of sp³-hybridized carbons (Fsp3) is 0.941. The lowest BCUT2D eigenvalue weighted by molar-refractivity contribution is -0.137. The highest BCUT2D eigenvalue weighted by atomic mass is 16.2. The van der Waals surface area contributed by atoms with Crippen molar-refractivity contribution in [3.05, 3.63) is 0 Å². The first kappa shape index (κ1) is 15.8. The molecule has 1 aliphatic heterocycles. The molecule has 2 fully saturated rings. The Kier molecular flexibility index (Phi) is 4.21. The lowest BCUT2D eigenvalue weighted by Crippen LogP contribution is -2.49. The molecule has 3 atom stereocenters. The molecular weight excluding hydrogens is 248 g/mol. The molecule has 0 aromatic heterocycles. The van der Waals surface area contributed by atoms with Crippen molar-refractivity contribution >= 4 is 5.91 Å². The predicted octanol–water partition coefficient (Wildman–Crippen LogP) is 3.54. The van der Waals surface area contributed by atoms with Gasteiger partial charge in [0.05, 0.1) is 11.7 Å². The van der Waals surface area contributed by atoms with Crippen molar-refractivity contribution in [1.29, 1.82) is 0 Å². The summed E-state index contributed by atoms with van der Waals surface area (Å²) in [5, 5.41) is 3.64. The van der Waals surface area contributed by atoms with E-state index < -0.39 is 0 Å². The molecule has 1 aliphatic carbocycles. The van der Waals surface area contributed by atoms with E-state index in [1.807, 2.05) is 0 Å². The molecule has 20 heavy (non-hydrogen) atoms. The maximum atomic E-state index is 13.0. The number of carbonyl (C=O) groups is 1. The first-order valence-corrected chi connectivity index (χ1v) is 8.32. The number of amides is 1. The Bertz CT molecular complexity index is 377. The molecule has 0 radical (unpaired) electrons. The molecule has 1 saturated carbocycles. The van der Waals surface area contributed by atoms with E-state index in [1.54, 1.807) is 0 Å². The van der Waals surface area contributed by atoms with Crippen LogP contribution in [0, 0.1) is 11.3 Å². The minimum absolute atomic E-state index is 0.217. The Morgan fingerprint density at radius 1 is 1.35 bits per heavy atom. The molecule has 1 saturated heterocycles. The first-order chi connectivity index (χ1) is 9.21. The summed E-state index contributed by atoms with van der Waals surface area (Å²) in [6.45, 7) is 13.3. The highest BCUT2D eigenvalue weighted by Crippen LogP contribution is 2.44. The van der Waals surface area contributed by atoms with Gasteiger partial charge < -0.3 is 4.90 Å². The Labute approximate surface area is 124 Å². The van der Waals surface area contributed by atoms with Crippen LogP contribution in [0.5, 0.6) is 0 Å². The van der Waals surface area contributed by atoms with Crippen LogP contribution < -0.4 is 5.32 Å². The zero-order valence-corrected chi connectivity index (χ0v) is 14.1. The van der Waals surface area contributed by atoms with E-state index in [0.717, 1.165) is 19.3 Å². The van der Waals surface area contributed by atoms with E-state index in [-0.39, 0.29) is 17.1 Å². The summed E-state index contributed by atoms with van der Waals surface area (Å²) in [5.74, 6) is 0.928. The fourth-order valence-corrected chi connectivity index (χ4v) is 3.98. The normalized spacial score (nSPS) is 37.1. The molecule has 1 heterocycles. The van der Waals surface area contributed by atoms with Crippen LogP contribution in [-0.4, -0.2) is 28.6 Å². The average molecular weight is 280 g/mol. The summed E-state index contributed by atoms with van der Waals surface area (Å²) in [6.07, 6.45) is 5.78. The van der Waals surface area contributed by atoms with Crippen LogP contribution in [0.4, 0.5) is 0 Å². The Morgan fingerprint density at radius 2 is 2.00 bits per heavy atom. The molecule has 3 unspecified atom stereocenters. The maximum absolute atomic E-state index is 13.0. The molecule has 0 bridgehead atoms.